The maximum absolute atomic E-state index is 11.9. The van der Waals surface area contributed by atoms with Gasteiger partial charge in [0, 0.05) is 22.2 Å². The minimum atomic E-state index is -0.223. The summed E-state index contributed by atoms with van der Waals surface area (Å²) in [7, 11) is 0. The molecule has 1 aromatic heterocycles. The van der Waals surface area contributed by atoms with Crippen molar-refractivity contribution >= 4 is 40.2 Å². The highest BCUT2D eigenvalue weighted by Crippen LogP contribution is 2.21. The highest BCUT2D eigenvalue weighted by atomic mass is 35.5. The largest absolute Gasteiger partial charge is 0.457 e. The van der Waals surface area contributed by atoms with Crippen LogP contribution in [0, 0.1) is 6.92 Å². The summed E-state index contributed by atoms with van der Waals surface area (Å²) in [5.41, 5.74) is 2.67. The predicted molar refractivity (Wildman–Crippen MR) is 90.1 cm³/mol. The number of nitrogens with one attached hydrogen (secondary N) is 1. The first-order valence-corrected chi connectivity index (χ1v) is 7.23. The van der Waals surface area contributed by atoms with E-state index in [0.717, 1.165) is 11.0 Å². The van der Waals surface area contributed by atoms with E-state index in [-0.39, 0.29) is 5.91 Å². The summed E-state index contributed by atoms with van der Waals surface area (Å²) < 4.78 is 5.66. The average molecular weight is 312 g/mol. The predicted octanol–water partition coefficient (Wildman–Crippen LogP) is 5.05. The van der Waals surface area contributed by atoms with E-state index < -0.39 is 0 Å². The van der Waals surface area contributed by atoms with Crippen LogP contribution in [-0.2, 0) is 4.79 Å². The zero-order valence-corrected chi connectivity index (χ0v) is 12.7. The Morgan fingerprint density at radius 1 is 1.14 bits per heavy atom. The molecule has 0 spiro atoms. The lowest BCUT2D eigenvalue weighted by molar-refractivity contribution is -0.111. The molecule has 3 nitrogen and oxygen atoms in total. The van der Waals surface area contributed by atoms with Crippen LogP contribution in [0.25, 0.3) is 17.0 Å². The van der Waals surface area contributed by atoms with Crippen LogP contribution in [-0.4, -0.2) is 5.91 Å². The first kappa shape index (κ1) is 14.4. The average Bonchev–Trinajstić information content (AvgIpc) is 2.89. The van der Waals surface area contributed by atoms with E-state index in [1.54, 1.807) is 30.3 Å². The zero-order valence-electron chi connectivity index (χ0n) is 12.0. The Kier molecular flexibility index (Phi) is 3.98. The molecular formula is C18H14ClNO2. The molecule has 1 heterocycles. The van der Waals surface area contributed by atoms with Gasteiger partial charge in [0.15, 0.2) is 0 Å². The molecule has 0 saturated carbocycles. The van der Waals surface area contributed by atoms with Gasteiger partial charge in [-0.25, -0.2) is 0 Å². The summed E-state index contributed by atoms with van der Waals surface area (Å²) >= 11 is 5.80. The SMILES string of the molecule is Cc1ccc2oc(C=CC(=O)Nc3ccc(Cl)cc3)cc2c1. The second kappa shape index (κ2) is 6.08. The number of hydrogen-bond acceptors (Lipinski definition) is 2. The van der Waals surface area contributed by atoms with Crippen LogP contribution in [0.1, 0.15) is 11.3 Å². The van der Waals surface area contributed by atoms with Crippen molar-refractivity contribution in [1.29, 1.82) is 0 Å². The Hall–Kier alpha value is -2.52. The lowest BCUT2D eigenvalue weighted by Gasteiger charge is -2.01. The van der Waals surface area contributed by atoms with Crippen molar-refractivity contribution in [3.8, 4) is 0 Å². The van der Waals surface area contributed by atoms with Gasteiger partial charge in [-0.15, -0.1) is 0 Å². The fourth-order valence-corrected chi connectivity index (χ4v) is 2.27. The van der Waals surface area contributed by atoms with Gasteiger partial charge in [0.25, 0.3) is 0 Å². The van der Waals surface area contributed by atoms with Gasteiger partial charge in [-0.1, -0.05) is 23.2 Å². The molecule has 22 heavy (non-hydrogen) atoms. The van der Waals surface area contributed by atoms with E-state index in [2.05, 4.69) is 5.32 Å². The van der Waals surface area contributed by atoms with Crippen LogP contribution in [0.15, 0.2) is 59.0 Å². The molecule has 0 aliphatic rings. The number of anilines is 1. The fraction of sp³-hybridized carbons (Fsp3) is 0.0556. The molecule has 3 aromatic rings. The van der Waals surface area contributed by atoms with Crippen molar-refractivity contribution in [2.45, 2.75) is 6.92 Å². The number of fused-ring (bicyclic) bond motifs is 1. The molecule has 110 valence electrons. The molecule has 0 atom stereocenters. The number of hydrogen-bond donors (Lipinski definition) is 1. The number of aryl methyl sites for hydroxylation is 1. The van der Waals surface area contributed by atoms with Crippen molar-refractivity contribution in [2.24, 2.45) is 0 Å². The summed E-state index contributed by atoms with van der Waals surface area (Å²) in [6, 6.07) is 14.8. The summed E-state index contributed by atoms with van der Waals surface area (Å²) in [4.78, 5) is 11.9. The number of carbonyl (C=O) groups excluding carboxylic acids is 1. The quantitative estimate of drug-likeness (QED) is 0.688. The normalized spacial score (nSPS) is 11.2. The first-order chi connectivity index (χ1) is 10.6. The van der Waals surface area contributed by atoms with Crippen LogP contribution < -0.4 is 5.32 Å². The number of amides is 1. The molecule has 1 N–H and O–H groups in total. The Morgan fingerprint density at radius 3 is 2.68 bits per heavy atom. The number of furan rings is 1. The van der Waals surface area contributed by atoms with Gasteiger partial charge in [0.05, 0.1) is 0 Å². The van der Waals surface area contributed by atoms with Crippen molar-refractivity contribution in [2.75, 3.05) is 5.32 Å². The van der Waals surface area contributed by atoms with Crippen molar-refractivity contribution in [3.05, 3.63) is 71.0 Å². The minimum Gasteiger partial charge on any atom is -0.457 e. The van der Waals surface area contributed by atoms with Gasteiger partial charge < -0.3 is 9.73 Å². The van der Waals surface area contributed by atoms with E-state index in [1.807, 2.05) is 31.2 Å². The number of halogens is 1. The van der Waals surface area contributed by atoms with Gasteiger partial charge in [-0.2, -0.15) is 0 Å². The molecule has 4 heteroatoms. The Labute approximate surface area is 133 Å². The van der Waals surface area contributed by atoms with E-state index in [9.17, 15) is 4.79 Å². The lowest BCUT2D eigenvalue weighted by atomic mass is 10.2. The van der Waals surface area contributed by atoms with Crippen molar-refractivity contribution in [1.82, 2.24) is 0 Å². The lowest BCUT2D eigenvalue weighted by Crippen LogP contribution is -2.07. The van der Waals surface area contributed by atoms with E-state index in [1.165, 1.54) is 11.6 Å². The highest BCUT2D eigenvalue weighted by molar-refractivity contribution is 6.30. The second-order valence-corrected chi connectivity index (χ2v) is 5.46. The molecule has 0 fully saturated rings. The molecule has 0 aliphatic carbocycles. The molecule has 0 saturated heterocycles. The Balaban J connectivity index is 1.71. The first-order valence-electron chi connectivity index (χ1n) is 6.85. The van der Waals surface area contributed by atoms with Crippen LogP contribution in [0.5, 0.6) is 0 Å². The topological polar surface area (TPSA) is 42.2 Å². The van der Waals surface area contributed by atoms with Crippen LogP contribution in [0.4, 0.5) is 5.69 Å². The monoisotopic (exact) mass is 311 g/mol. The van der Waals surface area contributed by atoms with Crippen LogP contribution >= 0.6 is 11.6 Å². The molecule has 2 aromatic carbocycles. The molecule has 3 rings (SSSR count). The fourth-order valence-electron chi connectivity index (χ4n) is 2.14. The zero-order chi connectivity index (χ0) is 15.5. The van der Waals surface area contributed by atoms with E-state index in [0.29, 0.717) is 16.5 Å². The van der Waals surface area contributed by atoms with Crippen LogP contribution in [0.3, 0.4) is 0 Å². The molecule has 0 unspecified atom stereocenters. The summed E-state index contributed by atoms with van der Waals surface area (Å²) in [6.07, 6.45) is 3.10. The maximum Gasteiger partial charge on any atom is 0.248 e. The van der Waals surface area contributed by atoms with Crippen LogP contribution in [0.2, 0.25) is 5.02 Å². The van der Waals surface area contributed by atoms with E-state index >= 15 is 0 Å². The second-order valence-electron chi connectivity index (χ2n) is 5.02. The maximum atomic E-state index is 11.9. The smallest absolute Gasteiger partial charge is 0.248 e. The third kappa shape index (κ3) is 3.38. The number of carbonyl (C=O) groups is 1. The Morgan fingerprint density at radius 2 is 1.91 bits per heavy atom. The van der Waals surface area contributed by atoms with E-state index in [4.69, 9.17) is 16.0 Å². The molecule has 0 radical (unpaired) electrons. The molecular weight excluding hydrogens is 298 g/mol. The van der Waals surface area contributed by atoms with Gasteiger partial charge >= 0.3 is 0 Å². The van der Waals surface area contributed by atoms with Gasteiger partial charge in [0.2, 0.25) is 5.91 Å². The van der Waals surface area contributed by atoms with Crippen molar-refractivity contribution < 1.29 is 9.21 Å². The van der Waals surface area contributed by atoms with Gasteiger partial charge in [-0.3, -0.25) is 4.79 Å². The summed E-state index contributed by atoms with van der Waals surface area (Å²) in [5, 5.41) is 4.41. The third-order valence-corrected chi connectivity index (χ3v) is 3.45. The summed E-state index contributed by atoms with van der Waals surface area (Å²) in [5.74, 6) is 0.422. The van der Waals surface area contributed by atoms with Gasteiger partial charge in [0.1, 0.15) is 11.3 Å². The highest BCUT2D eigenvalue weighted by Gasteiger charge is 2.02. The minimum absolute atomic E-state index is 0.223. The van der Waals surface area contributed by atoms with Crippen molar-refractivity contribution in [3.63, 3.8) is 0 Å². The number of rotatable bonds is 3. The molecule has 0 bridgehead atoms. The molecule has 1 amide bonds. The molecule has 0 aliphatic heterocycles. The van der Waals surface area contributed by atoms with Gasteiger partial charge in [-0.05, 0) is 55.5 Å². The summed E-state index contributed by atoms with van der Waals surface area (Å²) in [6.45, 7) is 2.03. The number of benzene rings is 2. The Bertz CT molecular complexity index is 847. The third-order valence-electron chi connectivity index (χ3n) is 3.20. The standard InChI is InChI=1S/C18H14ClNO2/c1-12-2-8-17-13(10-12)11-16(22-17)7-9-18(21)20-15-5-3-14(19)4-6-15/h2-11H,1H3,(H,20,21).